The van der Waals surface area contributed by atoms with E-state index in [1.807, 2.05) is 12.2 Å². The predicted octanol–water partition coefficient (Wildman–Crippen LogP) is 2.27. The molecule has 0 unspecified atom stereocenters. The molecule has 0 bridgehead atoms. The lowest BCUT2D eigenvalue weighted by Gasteiger charge is -2.35. The smallest absolute Gasteiger partial charge is 0.175 e. The Kier molecular flexibility index (Phi) is 3.50. The van der Waals surface area contributed by atoms with E-state index in [4.69, 9.17) is 9.47 Å². The van der Waals surface area contributed by atoms with Crippen LogP contribution in [0.2, 0.25) is 0 Å². The second-order valence-corrected chi connectivity index (χ2v) is 2.95. The third-order valence-electron chi connectivity index (χ3n) is 1.93. The van der Waals surface area contributed by atoms with Gasteiger partial charge in [0.2, 0.25) is 0 Å². The minimum Gasteiger partial charge on any atom is -0.349 e. The van der Waals surface area contributed by atoms with E-state index >= 15 is 0 Å². The Bertz CT molecular complexity index is 145. The Hall–Kier alpha value is -0.600. The van der Waals surface area contributed by atoms with Crippen LogP contribution in [0.25, 0.3) is 0 Å². The zero-order chi connectivity index (χ0) is 8.86. The van der Waals surface area contributed by atoms with Gasteiger partial charge in [-0.3, -0.25) is 0 Å². The highest BCUT2D eigenvalue weighted by Crippen LogP contribution is 2.27. The monoisotopic (exact) mass is 168 g/mol. The number of hydrogen-bond acceptors (Lipinski definition) is 2. The van der Waals surface area contributed by atoms with Crippen LogP contribution in [0.1, 0.15) is 19.3 Å². The van der Waals surface area contributed by atoms with Crippen LogP contribution in [0.5, 0.6) is 0 Å². The molecular formula is C10H16O2. The van der Waals surface area contributed by atoms with E-state index in [1.165, 1.54) is 0 Å². The van der Waals surface area contributed by atoms with Gasteiger partial charge in [0.15, 0.2) is 5.79 Å². The average Bonchev–Trinajstić information content (AvgIpc) is 2.07. The SMILES string of the molecule is C=CCC1(CC=C)OCCCO1. The molecule has 2 heteroatoms. The van der Waals surface area contributed by atoms with Gasteiger partial charge in [-0.15, -0.1) is 13.2 Å². The zero-order valence-electron chi connectivity index (χ0n) is 7.42. The Morgan fingerprint density at radius 3 is 2.00 bits per heavy atom. The second kappa shape index (κ2) is 4.43. The van der Waals surface area contributed by atoms with Crippen LogP contribution in [0, 0.1) is 0 Å². The van der Waals surface area contributed by atoms with Gasteiger partial charge in [-0.25, -0.2) is 0 Å². The first-order valence-electron chi connectivity index (χ1n) is 4.33. The van der Waals surface area contributed by atoms with Crippen molar-refractivity contribution in [2.24, 2.45) is 0 Å². The third-order valence-corrected chi connectivity index (χ3v) is 1.93. The Morgan fingerprint density at radius 2 is 1.58 bits per heavy atom. The summed E-state index contributed by atoms with van der Waals surface area (Å²) in [6.07, 6.45) is 6.11. The first-order chi connectivity index (χ1) is 5.83. The summed E-state index contributed by atoms with van der Waals surface area (Å²) in [5, 5.41) is 0. The molecule has 0 spiro atoms. The standard InChI is InChI=1S/C10H16O2/c1-3-6-10(7-4-2)11-8-5-9-12-10/h3-4H,1-2,5-9H2. The van der Waals surface area contributed by atoms with Crippen molar-refractivity contribution < 1.29 is 9.47 Å². The van der Waals surface area contributed by atoms with Crippen LogP contribution in [0.4, 0.5) is 0 Å². The van der Waals surface area contributed by atoms with E-state index in [1.54, 1.807) is 0 Å². The van der Waals surface area contributed by atoms with Crippen molar-refractivity contribution >= 4 is 0 Å². The lowest BCUT2D eigenvalue weighted by atomic mass is 10.1. The van der Waals surface area contributed by atoms with E-state index in [9.17, 15) is 0 Å². The number of rotatable bonds is 4. The van der Waals surface area contributed by atoms with Crippen LogP contribution in [-0.2, 0) is 9.47 Å². The minimum atomic E-state index is -0.457. The summed E-state index contributed by atoms with van der Waals surface area (Å²) >= 11 is 0. The molecule has 0 amide bonds. The maximum absolute atomic E-state index is 5.58. The summed E-state index contributed by atoms with van der Waals surface area (Å²) in [6, 6.07) is 0. The fourth-order valence-electron chi connectivity index (χ4n) is 1.38. The third kappa shape index (κ3) is 2.19. The van der Waals surface area contributed by atoms with Gasteiger partial charge in [-0.05, 0) is 6.42 Å². The fraction of sp³-hybridized carbons (Fsp3) is 0.600. The highest BCUT2D eigenvalue weighted by molar-refractivity contribution is 4.88. The molecule has 12 heavy (non-hydrogen) atoms. The van der Waals surface area contributed by atoms with Crippen molar-refractivity contribution in [2.45, 2.75) is 25.0 Å². The highest BCUT2D eigenvalue weighted by Gasteiger charge is 2.31. The predicted molar refractivity (Wildman–Crippen MR) is 48.9 cm³/mol. The molecule has 0 N–H and O–H groups in total. The quantitative estimate of drug-likeness (QED) is 0.599. The summed E-state index contributed by atoms with van der Waals surface area (Å²) in [5.74, 6) is -0.457. The first kappa shape index (κ1) is 9.49. The molecule has 68 valence electrons. The molecule has 0 aromatic rings. The van der Waals surface area contributed by atoms with Crippen LogP contribution in [0.15, 0.2) is 25.3 Å². The molecule has 0 aliphatic carbocycles. The maximum atomic E-state index is 5.58. The van der Waals surface area contributed by atoms with E-state index in [0.717, 1.165) is 32.5 Å². The molecule has 1 heterocycles. The van der Waals surface area contributed by atoms with E-state index in [2.05, 4.69) is 13.2 Å². The van der Waals surface area contributed by atoms with Gasteiger partial charge in [-0.1, -0.05) is 12.2 Å². The minimum absolute atomic E-state index is 0.457. The van der Waals surface area contributed by atoms with Gasteiger partial charge in [0.25, 0.3) is 0 Å². The first-order valence-corrected chi connectivity index (χ1v) is 4.33. The number of hydrogen-bond donors (Lipinski definition) is 0. The summed E-state index contributed by atoms with van der Waals surface area (Å²) in [7, 11) is 0. The van der Waals surface area contributed by atoms with Crippen molar-refractivity contribution in [1.82, 2.24) is 0 Å². The zero-order valence-corrected chi connectivity index (χ0v) is 7.42. The van der Waals surface area contributed by atoms with Gasteiger partial charge < -0.3 is 9.47 Å². The lowest BCUT2D eigenvalue weighted by Crippen LogP contribution is -2.39. The molecule has 1 saturated heterocycles. The molecule has 0 atom stereocenters. The van der Waals surface area contributed by atoms with Crippen molar-refractivity contribution in [2.75, 3.05) is 13.2 Å². The molecule has 1 aliphatic rings. The number of ether oxygens (including phenoxy) is 2. The van der Waals surface area contributed by atoms with Crippen LogP contribution >= 0.6 is 0 Å². The van der Waals surface area contributed by atoms with E-state index in [-0.39, 0.29) is 0 Å². The topological polar surface area (TPSA) is 18.5 Å². The normalized spacial score (nSPS) is 21.7. The van der Waals surface area contributed by atoms with Crippen LogP contribution < -0.4 is 0 Å². The molecule has 1 aliphatic heterocycles. The van der Waals surface area contributed by atoms with Crippen molar-refractivity contribution in [3.63, 3.8) is 0 Å². The summed E-state index contributed by atoms with van der Waals surface area (Å²) in [4.78, 5) is 0. The molecule has 1 fully saturated rings. The molecule has 0 radical (unpaired) electrons. The summed E-state index contributed by atoms with van der Waals surface area (Å²) in [5.41, 5.74) is 0. The Labute approximate surface area is 73.9 Å². The van der Waals surface area contributed by atoms with Crippen LogP contribution in [0.3, 0.4) is 0 Å². The molecule has 2 nitrogen and oxygen atoms in total. The fourth-order valence-corrected chi connectivity index (χ4v) is 1.38. The van der Waals surface area contributed by atoms with Gasteiger partial charge in [0.1, 0.15) is 0 Å². The second-order valence-electron chi connectivity index (χ2n) is 2.95. The lowest BCUT2D eigenvalue weighted by molar-refractivity contribution is -0.262. The molecule has 0 aromatic heterocycles. The van der Waals surface area contributed by atoms with Gasteiger partial charge in [-0.2, -0.15) is 0 Å². The molecular weight excluding hydrogens is 152 g/mol. The Morgan fingerprint density at radius 1 is 1.08 bits per heavy atom. The van der Waals surface area contributed by atoms with Crippen molar-refractivity contribution in [3.8, 4) is 0 Å². The summed E-state index contributed by atoms with van der Waals surface area (Å²) < 4.78 is 11.2. The molecule has 0 saturated carbocycles. The van der Waals surface area contributed by atoms with Gasteiger partial charge >= 0.3 is 0 Å². The largest absolute Gasteiger partial charge is 0.349 e. The highest BCUT2D eigenvalue weighted by atomic mass is 16.7. The van der Waals surface area contributed by atoms with E-state index in [0.29, 0.717) is 0 Å². The summed E-state index contributed by atoms with van der Waals surface area (Å²) in [6.45, 7) is 8.93. The van der Waals surface area contributed by atoms with Gasteiger partial charge in [0, 0.05) is 12.8 Å². The average molecular weight is 168 g/mol. The van der Waals surface area contributed by atoms with E-state index < -0.39 is 5.79 Å². The maximum Gasteiger partial charge on any atom is 0.175 e. The van der Waals surface area contributed by atoms with Crippen LogP contribution in [-0.4, -0.2) is 19.0 Å². The van der Waals surface area contributed by atoms with Crippen molar-refractivity contribution in [3.05, 3.63) is 25.3 Å². The molecule has 1 rings (SSSR count). The van der Waals surface area contributed by atoms with Gasteiger partial charge in [0.05, 0.1) is 13.2 Å². The van der Waals surface area contributed by atoms with Crippen molar-refractivity contribution in [1.29, 1.82) is 0 Å². The Balaban J connectivity index is 2.55. The molecule has 0 aromatic carbocycles.